The molecule has 1 heterocycles. The van der Waals surface area contributed by atoms with Crippen LogP contribution < -0.4 is 4.74 Å². The molecule has 0 aliphatic carbocycles. The van der Waals surface area contributed by atoms with Crippen molar-refractivity contribution in [1.82, 2.24) is 9.97 Å². The molecule has 0 N–H and O–H groups in total. The van der Waals surface area contributed by atoms with Crippen LogP contribution in [-0.4, -0.2) is 9.97 Å². The zero-order valence-corrected chi connectivity index (χ0v) is 12.8. The summed E-state index contributed by atoms with van der Waals surface area (Å²) in [6.07, 6.45) is 0. The average molecular weight is 319 g/mol. The maximum Gasteiger partial charge on any atom is 0.236 e. The first-order valence-corrected chi connectivity index (χ1v) is 7.19. The highest BCUT2D eigenvalue weighted by Crippen LogP contribution is 2.23. The van der Waals surface area contributed by atoms with E-state index in [1.807, 2.05) is 37.3 Å². The molecule has 3 aromatic rings. The Morgan fingerprint density at radius 1 is 1.00 bits per heavy atom. The van der Waals surface area contributed by atoms with E-state index in [1.165, 1.54) is 0 Å². The van der Waals surface area contributed by atoms with Crippen LogP contribution in [0.3, 0.4) is 0 Å². The van der Waals surface area contributed by atoms with Crippen LogP contribution >= 0.6 is 23.2 Å². The summed E-state index contributed by atoms with van der Waals surface area (Å²) in [5.41, 5.74) is 3.27. The van der Waals surface area contributed by atoms with Crippen molar-refractivity contribution in [2.45, 2.75) is 13.5 Å². The van der Waals surface area contributed by atoms with Crippen molar-refractivity contribution in [3.63, 3.8) is 0 Å². The maximum atomic E-state index is 6.13. The van der Waals surface area contributed by atoms with E-state index in [4.69, 9.17) is 27.9 Å². The molecule has 0 atom stereocenters. The summed E-state index contributed by atoms with van der Waals surface area (Å²) in [6, 6.07) is 13.0. The molecule has 0 saturated carbocycles. The van der Waals surface area contributed by atoms with E-state index in [-0.39, 0.29) is 0 Å². The molecule has 0 aliphatic rings. The topological polar surface area (TPSA) is 35.0 Å². The van der Waals surface area contributed by atoms with Crippen molar-refractivity contribution in [3.8, 4) is 5.88 Å². The van der Waals surface area contributed by atoms with Gasteiger partial charge in [-0.1, -0.05) is 41.4 Å². The molecular formula is C16H12Cl2N2O. The summed E-state index contributed by atoms with van der Waals surface area (Å²) in [5.74, 6) is 0.514. The number of aromatic nitrogens is 2. The number of benzene rings is 2. The average Bonchev–Trinajstić information content (AvgIpc) is 2.46. The third-order valence-electron chi connectivity index (χ3n) is 3.08. The molecule has 0 fully saturated rings. The van der Waals surface area contributed by atoms with E-state index in [0.717, 1.165) is 22.3 Å². The molecule has 2 aromatic carbocycles. The lowest BCUT2D eigenvalue weighted by molar-refractivity contribution is 0.291. The van der Waals surface area contributed by atoms with Gasteiger partial charge in [0.1, 0.15) is 12.3 Å². The van der Waals surface area contributed by atoms with Crippen molar-refractivity contribution in [2.75, 3.05) is 0 Å². The van der Waals surface area contributed by atoms with E-state index in [0.29, 0.717) is 22.5 Å². The van der Waals surface area contributed by atoms with Gasteiger partial charge < -0.3 is 4.74 Å². The highest BCUT2D eigenvalue weighted by molar-refractivity contribution is 6.35. The summed E-state index contributed by atoms with van der Waals surface area (Å²) in [5, 5.41) is 1.18. The fraction of sp³-hybridized carbons (Fsp3) is 0.125. The molecule has 0 spiro atoms. The molecule has 3 rings (SSSR count). The lowest BCUT2D eigenvalue weighted by Gasteiger charge is -2.10. The number of ether oxygens (including phenoxy) is 1. The summed E-state index contributed by atoms with van der Waals surface area (Å²) < 4.78 is 5.75. The van der Waals surface area contributed by atoms with Gasteiger partial charge in [-0.2, -0.15) is 0 Å². The highest BCUT2D eigenvalue weighted by atomic mass is 35.5. The van der Waals surface area contributed by atoms with Gasteiger partial charge in [0.15, 0.2) is 0 Å². The van der Waals surface area contributed by atoms with Crippen LogP contribution in [0.15, 0.2) is 42.5 Å². The van der Waals surface area contributed by atoms with Gasteiger partial charge in [0.25, 0.3) is 0 Å². The Balaban J connectivity index is 1.86. The minimum Gasteiger partial charge on any atom is -0.471 e. The number of halogens is 2. The fourth-order valence-electron chi connectivity index (χ4n) is 1.99. The van der Waals surface area contributed by atoms with Gasteiger partial charge in [-0.3, -0.25) is 0 Å². The number of nitrogens with zero attached hydrogens (tertiary/aromatic N) is 2. The van der Waals surface area contributed by atoms with Crippen LogP contribution in [0.25, 0.3) is 11.0 Å². The third kappa shape index (κ3) is 3.09. The second-order valence-corrected chi connectivity index (χ2v) is 5.47. The normalized spacial score (nSPS) is 10.8. The number of aryl methyl sites for hydroxylation is 1. The summed E-state index contributed by atoms with van der Waals surface area (Å²) in [6.45, 7) is 2.20. The smallest absolute Gasteiger partial charge is 0.236 e. The predicted molar refractivity (Wildman–Crippen MR) is 85.1 cm³/mol. The van der Waals surface area contributed by atoms with Crippen molar-refractivity contribution in [1.29, 1.82) is 0 Å². The minimum atomic E-state index is 0.323. The van der Waals surface area contributed by atoms with Gasteiger partial charge >= 0.3 is 0 Å². The highest BCUT2D eigenvalue weighted by Gasteiger charge is 2.08. The summed E-state index contributed by atoms with van der Waals surface area (Å²) in [4.78, 5) is 8.97. The molecule has 0 unspecified atom stereocenters. The van der Waals surface area contributed by atoms with Gasteiger partial charge in [0, 0.05) is 15.6 Å². The second-order valence-electron chi connectivity index (χ2n) is 4.63. The van der Waals surface area contributed by atoms with Crippen LogP contribution in [-0.2, 0) is 6.61 Å². The Labute approximate surface area is 132 Å². The van der Waals surface area contributed by atoms with Gasteiger partial charge in [-0.25, -0.2) is 9.97 Å². The van der Waals surface area contributed by atoms with E-state index >= 15 is 0 Å². The Morgan fingerprint density at radius 2 is 1.71 bits per heavy atom. The number of hydrogen-bond donors (Lipinski definition) is 0. The zero-order chi connectivity index (χ0) is 14.8. The Morgan fingerprint density at radius 3 is 2.43 bits per heavy atom. The molecule has 21 heavy (non-hydrogen) atoms. The van der Waals surface area contributed by atoms with Crippen molar-refractivity contribution in [2.24, 2.45) is 0 Å². The Kier molecular flexibility index (Phi) is 3.95. The van der Waals surface area contributed by atoms with Crippen LogP contribution in [0.4, 0.5) is 0 Å². The van der Waals surface area contributed by atoms with Crippen LogP contribution in [0, 0.1) is 6.92 Å². The van der Waals surface area contributed by atoms with Crippen LogP contribution in [0.1, 0.15) is 11.3 Å². The fourth-order valence-corrected chi connectivity index (χ4v) is 2.46. The third-order valence-corrected chi connectivity index (χ3v) is 3.67. The number of fused-ring (bicyclic) bond motifs is 1. The molecule has 5 heteroatoms. The minimum absolute atomic E-state index is 0.323. The first-order chi connectivity index (χ1) is 10.1. The monoisotopic (exact) mass is 318 g/mol. The first-order valence-electron chi connectivity index (χ1n) is 6.43. The van der Waals surface area contributed by atoms with Crippen LogP contribution in [0.2, 0.25) is 10.0 Å². The Bertz CT molecular complexity index is 805. The van der Waals surface area contributed by atoms with Crippen LogP contribution in [0.5, 0.6) is 5.88 Å². The molecular weight excluding hydrogens is 307 g/mol. The molecule has 0 radical (unpaired) electrons. The molecule has 0 aliphatic heterocycles. The summed E-state index contributed by atoms with van der Waals surface area (Å²) >= 11 is 12.0. The largest absolute Gasteiger partial charge is 0.471 e. The maximum absolute atomic E-state index is 6.13. The molecule has 0 saturated heterocycles. The molecule has 106 valence electrons. The second kappa shape index (κ2) is 5.88. The molecule has 1 aromatic heterocycles. The van der Waals surface area contributed by atoms with Crippen molar-refractivity contribution < 1.29 is 4.74 Å². The van der Waals surface area contributed by atoms with Gasteiger partial charge in [-0.15, -0.1) is 0 Å². The number of rotatable bonds is 3. The van der Waals surface area contributed by atoms with E-state index in [1.54, 1.807) is 12.1 Å². The first kappa shape index (κ1) is 14.1. The number of hydrogen-bond acceptors (Lipinski definition) is 3. The number of para-hydroxylation sites is 2. The lowest BCUT2D eigenvalue weighted by atomic mass is 10.2. The van der Waals surface area contributed by atoms with Crippen molar-refractivity contribution in [3.05, 3.63) is 63.8 Å². The van der Waals surface area contributed by atoms with E-state index < -0.39 is 0 Å². The molecule has 0 bridgehead atoms. The molecule has 0 amide bonds. The van der Waals surface area contributed by atoms with E-state index in [2.05, 4.69) is 9.97 Å². The quantitative estimate of drug-likeness (QED) is 0.694. The standard InChI is InChI=1S/C16H12Cl2N2O/c1-10-16(20-15-5-3-2-4-14(15)19-10)21-9-11-6-7-12(17)8-13(11)18/h2-8H,9H2,1H3. The SMILES string of the molecule is Cc1nc2ccccc2nc1OCc1ccc(Cl)cc1Cl. The Hall–Kier alpha value is -1.84. The van der Waals surface area contributed by atoms with E-state index in [9.17, 15) is 0 Å². The predicted octanol–water partition coefficient (Wildman–Crippen LogP) is 4.82. The lowest BCUT2D eigenvalue weighted by Crippen LogP contribution is -2.01. The van der Waals surface area contributed by atoms with Gasteiger partial charge in [0.2, 0.25) is 5.88 Å². The van der Waals surface area contributed by atoms with Crippen molar-refractivity contribution >= 4 is 34.2 Å². The van der Waals surface area contributed by atoms with Gasteiger partial charge in [-0.05, 0) is 31.2 Å². The summed E-state index contributed by atoms with van der Waals surface area (Å²) in [7, 11) is 0. The molecule has 3 nitrogen and oxygen atoms in total. The van der Waals surface area contributed by atoms with Gasteiger partial charge in [0.05, 0.1) is 11.0 Å². The zero-order valence-electron chi connectivity index (χ0n) is 11.3.